The highest BCUT2D eigenvalue weighted by molar-refractivity contribution is 4.95. The van der Waals surface area contributed by atoms with Crippen LogP contribution in [-0.2, 0) is 0 Å². The Hall–Kier alpha value is -0.160. The van der Waals surface area contributed by atoms with E-state index in [1.54, 1.807) is 0 Å². The van der Waals surface area contributed by atoms with Crippen LogP contribution in [0.2, 0.25) is 0 Å². The van der Waals surface area contributed by atoms with Gasteiger partial charge in [0, 0.05) is 44.3 Å². The summed E-state index contributed by atoms with van der Waals surface area (Å²) < 4.78 is 0. The number of rotatable bonds is 1. The third-order valence-corrected chi connectivity index (χ3v) is 3.43. The van der Waals surface area contributed by atoms with Crippen LogP contribution in [0.5, 0.6) is 0 Å². The van der Waals surface area contributed by atoms with Crippen LogP contribution in [0.3, 0.4) is 0 Å². The Morgan fingerprint density at radius 1 is 1.00 bits per heavy atom. The molecule has 4 atom stereocenters. The minimum Gasteiger partial charge on any atom is -0.390 e. The van der Waals surface area contributed by atoms with Crippen LogP contribution in [0.1, 0.15) is 13.8 Å². The summed E-state index contributed by atoms with van der Waals surface area (Å²) in [4.78, 5) is 2.46. The summed E-state index contributed by atoms with van der Waals surface area (Å²) in [5, 5.41) is 16.5. The molecule has 0 radical (unpaired) electrons. The van der Waals surface area contributed by atoms with Crippen LogP contribution in [0.25, 0.3) is 0 Å². The number of hydrogen-bond acceptors (Lipinski definition) is 4. The zero-order chi connectivity index (χ0) is 10.1. The normalized spacial score (nSPS) is 45.6. The molecule has 0 amide bonds. The van der Waals surface area contributed by atoms with Crippen LogP contribution in [0, 0.1) is 0 Å². The van der Waals surface area contributed by atoms with Gasteiger partial charge in [-0.05, 0) is 13.8 Å². The maximum atomic E-state index is 9.85. The van der Waals surface area contributed by atoms with Gasteiger partial charge in [-0.25, -0.2) is 0 Å². The first-order valence-electron chi connectivity index (χ1n) is 5.57. The van der Waals surface area contributed by atoms with Gasteiger partial charge >= 0.3 is 0 Å². The third kappa shape index (κ3) is 1.80. The molecule has 0 spiro atoms. The maximum absolute atomic E-state index is 9.85. The number of nitrogens with zero attached hydrogens (tertiary/aromatic N) is 1. The zero-order valence-corrected chi connectivity index (χ0v) is 9.03. The molecule has 14 heavy (non-hydrogen) atoms. The largest absolute Gasteiger partial charge is 0.390 e. The van der Waals surface area contributed by atoms with E-state index in [2.05, 4.69) is 29.4 Å². The van der Waals surface area contributed by atoms with E-state index in [9.17, 15) is 5.11 Å². The van der Waals surface area contributed by atoms with Crippen molar-refractivity contribution in [3.8, 4) is 0 Å². The molecule has 4 nitrogen and oxygen atoms in total. The molecule has 0 aromatic carbocycles. The average molecular weight is 199 g/mol. The molecule has 3 N–H and O–H groups in total. The number of piperazine rings is 1. The van der Waals surface area contributed by atoms with Gasteiger partial charge in [-0.1, -0.05) is 0 Å². The van der Waals surface area contributed by atoms with Crippen LogP contribution >= 0.6 is 0 Å². The molecule has 2 saturated heterocycles. The first-order chi connectivity index (χ1) is 6.70. The Labute approximate surface area is 85.7 Å². The number of β-amino-alcohol motifs (C(OH)–C–C–N with tert-alkyl or cyclic N) is 1. The second-order valence-corrected chi connectivity index (χ2v) is 4.60. The Balaban J connectivity index is 2.05. The predicted molar refractivity (Wildman–Crippen MR) is 56.3 cm³/mol. The predicted octanol–water partition coefficient (Wildman–Crippen LogP) is -0.999. The van der Waals surface area contributed by atoms with Crippen LogP contribution in [0.15, 0.2) is 0 Å². The SMILES string of the molecule is C[C@@H]1CNC[C@H](C)N1[C@@H]1CNC[C@H]1O. The van der Waals surface area contributed by atoms with Gasteiger partial charge in [0.05, 0.1) is 6.10 Å². The molecule has 0 unspecified atom stereocenters. The lowest BCUT2D eigenvalue weighted by Gasteiger charge is -2.44. The summed E-state index contributed by atoms with van der Waals surface area (Å²) in [6.45, 7) is 8.20. The van der Waals surface area contributed by atoms with E-state index in [0.717, 1.165) is 26.2 Å². The molecule has 4 heteroatoms. The topological polar surface area (TPSA) is 47.5 Å². The highest BCUT2D eigenvalue weighted by Gasteiger charge is 2.37. The number of nitrogens with one attached hydrogen (secondary N) is 2. The Morgan fingerprint density at radius 3 is 2.07 bits per heavy atom. The van der Waals surface area contributed by atoms with Crippen molar-refractivity contribution in [2.75, 3.05) is 26.2 Å². The van der Waals surface area contributed by atoms with Crippen LogP contribution in [0.4, 0.5) is 0 Å². The van der Waals surface area contributed by atoms with Gasteiger partial charge in [0.2, 0.25) is 0 Å². The fraction of sp³-hybridized carbons (Fsp3) is 1.00. The Bertz CT molecular complexity index is 190. The van der Waals surface area contributed by atoms with E-state index in [1.807, 2.05) is 0 Å². The van der Waals surface area contributed by atoms with Crippen molar-refractivity contribution in [1.82, 2.24) is 15.5 Å². The molecule has 2 aliphatic heterocycles. The van der Waals surface area contributed by atoms with Gasteiger partial charge < -0.3 is 15.7 Å². The third-order valence-electron chi connectivity index (χ3n) is 3.43. The molecular weight excluding hydrogens is 178 g/mol. The summed E-state index contributed by atoms with van der Waals surface area (Å²) in [6.07, 6.45) is -0.196. The van der Waals surface area contributed by atoms with Gasteiger partial charge in [0.25, 0.3) is 0 Å². The Kier molecular flexibility index (Phi) is 3.07. The van der Waals surface area contributed by atoms with Crippen LogP contribution < -0.4 is 10.6 Å². The maximum Gasteiger partial charge on any atom is 0.0832 e. The average Bonchev–Trinajstić information content (AvgIpc) is 2.52. The molecular formula is C10H21N3O. The van der Waals surface area contributed by atoms with Crippen molar-refractivity contribution in [2.45, 2.75) is 38.1 Å². The first-order valence-corrected chi connectivity index (χ1v) is 5.57. The molecule has 0 aromatic rings. The second kappa shape index (κ2) is 4.14. The minimum atomic E-state index is -0.196. The quantitative estimate of drug-likeness (QED) is 0.507. The molecule has 2 fully saturated rings. The van der Waals surface area contributed by atoms with Crippen molar-refractivity contribution >= 4 is 0 Å². The van der Waals surface area contributed by atoms with Gasteiger partial charge in [-0.15, -0.1) is 0 Å². The van der Waals surface area contributed by atoms with Gasteiger partial charge in [-0.3, -0.25) is 4.90 Å². The van der Waals surface area contributed by atoms with E-state index in [1.165, 1.54) is 0 Å². The summed E-state index contributed by atoms with van der Waals surface area (Å²) in [7, 11) is 0. The minimum absolute atomic E-state index is 0.196. The van der Waals surface area contributed by atoms with E-state index >= 15 is 0 Å². The zero-order valence-electron chi connectivity index (χ0n) is 9.03. The second-order valence-electron chi connectivity index (χ2n) is 4.60. The summed E-state index contributed by atoms with van der Waals surface area (Å²) in [5.74, 6) is 0. The van der Waals surface area contributed by atoms with E-state index in [-0.39, 0.29) is 6.10 Å². The van der Waals surface area contributed by atoms with Crippen molar-refractivity contribution < 1.29 is 5.11 Å². The molecule has 0 bridgehead atoms. The summed E-state index contributed by atoms with van der Waals surface area (Å²) in [5.41, 5.74) is 0. The number of aliphatic hydroxyl groups is 1. The smallest absolute Gasteiger partial charge is 0.0832 e. The molecule has 0 aliphatic carbocycles. The van der Waals surface area contributed by atoms with Crippen molar-refractivity contribution in [3.05, 3.63) is 0 Å². The molecule has 2 rings (SSSR count). The summed E-state index contributed by atoms with van der Waals surface area (Å²) >= 11 is 0. The lowest BCUT2D eigenvalue weighted by Crippen LogP contribution is -2.61. The Morgan fingerprint density at radius 2 is 1.57 bits per heavy atom. The lowest BCUT2D eigenvalue weighted by atomic mass is 10.0. The van der Waals surface area contributed by atoms with Gasteiger partial charge in [-0.2, -0.15) is 0 Å². The number of hydrogen-bond donors (Lipinski definition) is 3. The van der Waals surface area contributed by atoms with E-state index in [0.29, 0.717) is 18.1 Å². The fourth-order valence-corrected chi connectivity index (χ4v) is 2.76. The standard InChI is InChI=1S/C10H21N3O/c1-7-3-11-4-8(2)13(7)9-5-12-6-10(9)14/h7-12,14H,3-6H2,1-2H3/t7-,8+,9-,10-/m1/s1. The van der Waals surface area contributed by atoms with Gasteiger partial charge in [0.15, 0.2) is 0 Å². The first kappa shape index (κ1) is 10.4. The molecule has 0 aromatic heterocycles. The fourth-order valence-electron chi connectivity index (χ4n) is 2.76. The van der Waals surface area contributed by atoms with E-state index in [4.69, 9.17) is 0 Å². The number of aliphatic hydroxyl groups excluding tert-OH is 1. The highest BCUT2D eigenvalue weighted by atomic mass is 16.3. The van der Waals surface area contributed by atoms with Gasteiger partial charge in [0.1, 0.15) is 0 Å². The van der Waals surface area contributed by atoms with Crippen LogP contribution in [-0.4, -0.2) is 60.4 Å². The molecule has 0 saturated carbocycles. The van der Waals surface area contributed by atoms with E-state index < -0.39 is 0 Å². The van der Waals surface area contributed by atoms with Crippen molar-refractivity contribution in [2.24, 2.45) is 0 Å². The van der Waals surface area contributed by atoms with Crippen molar-refractivity contribution in [3.63, 3.8) is 0 Å². The molecule has 2 aliphatic rings. The van der Waals surface area contributed by atoms with Crippen molar-refractivity contribution in [1.29, 1.82) is 0 Å². The monoisotopic (exact) mass is 199 g/mol. The highest BCUT2D eigenvalue weighted by Crippen LogP contribution is 2.18. The lowest BCUT2D eigenvalue weighted by molar-refractivity contribution is 0.0162. The molecule has 82 valence electrons. The molecule has 2 heterocycles. The summed E-state index contributed by atoms with van der Waals surface area (Å²) in [6, 6.07) is 1.36.